The number of aromatic amines is 1. The number of hydrogen-bond acceptors (Lipinski definition) is 4. The van der Waals surface area contributed by atoms with Crippen molar-refractivity contribution < 1.29 is 19.0 Å². The standard InChI is InChI=1S/C24H27NO4/c1-6-9-29-24-21(27-4)12-17(13-22(24)28-5)23(26)16(3)11-18-14-25-20-10-15(2)7-8-19(18)20/h7-8,10-14,25H,6,9H2,1-5H3/b16-11+. The van der Waals surface area contributed by atoms with Gasteiger partial charge in [0.15, 0.2) is 17.3 Å². The number of aryl methyl sites for hydroxylation is 1. The van der Waals surface area contributed by atoms with E-state index in [1.54, 1.807) is 26.4 Å². The van der Waals surface area contributed by atoms with Gasteiger partial charge in [0, 0.05) is 28.2 Å². The Morgan fingerprint density at radius 2 is 1.79 bits per heavy atom. The summed E-state index contributed by atoms with van der Waals surface area (Å²) in [6, 6.07) is 9.62. The molecule has 3 rings (SSSR count). The Morgan fingerprint density at radius 1 is 1.10 bits per heavy atom. The molecule has 0 radical (unpaired) electrons. The van der Waals surface area contributed by atoms with Gasteiger partial charge in [0.05, 0.1) is 20.8 Å². The highest BCUT2D eigenvalue weighted by atomic mass is 16.5. The average molecular weight is 393 g/mol. The number of H-pyrrole nitrogens is 1. The third-order valence-corrected chi connectivity index (χ3v) is 4.77. The molecular formula is C24H27NO4. The van der Waals surface area contributed by atoms with Crippen LogP contribution in [0.3, 0.4) is 0 Å². The van der Waals surface area contributed by atoms with Crippen LogP contribution in [0.2, 0.25) is 0 Å². The Hall–Kier alpha value is -3.21. The fourth-order valence-electron chi connectivity index (χ4n) is 3.27. The number of hydrogen-bond donors (Lipinski definition) is 1. The molecule has 1 aromatic heterocycles. The molecule has 0 atom stereocenters. The van der Waals surface area contributed by atoms with Gasteiger partial charge in [-0.25, -0.2) is 0 Å². The first-order chi connectivity index (χ1) is 14.0. The molecule has 1 N–H and O–H groups in total. The normalized spacial score (nSPS) is 11.6. The second-order valence-electron chi connectivity index (χ2n) is 7.01. The van der Waals surface area contributed by atoms with Crippen LogP contribution in [0.4, 0.5) is 0 Å². The number of Topliss-reactive ketones (excluding diaryl/α,β-unsaturated/α-hetero) is 1. The summed E-state index contributed by atoms with van der Waals surface area (Å²) >= 11 is 0. The van der Waals surface area contributed by atoms with Gasteiger partial charge in [0.2, 0.25) is 5.75 Å². The molecule has 29 heavy (non-hydrogen) atoms. The molecule has 152 valence electrons. The Bertz CT molecular complexity index is 1040. The minimum atomic E-state index is -0.0925. The zero-order chi connectivity index (χ0) is 21.0. The van der Waals surface area contributed by atoms with E-state index in [-0.39, 0.29) is 5.78 Å². The molecule has 0 aliphatic carbocycles. The van der Waals surface area contributed by atoms with Crippen molar-refractivity contribution in [2.75, 3.05) is 20.8 Å². The number of aromatic nitrogens is 1. The molecule has 0 aliphatic rings. The van der Waals surface area contributed by atoms with Gasteiger partial charge in [-0.2, -0.15) is 0 Å². The van der Waals surface area contributed by atoms with Gasteiger partial charge in [0.1, 0.15) is 0 Å². The van der Waals surface area contributed by atoms with Gasteiger partial charge >= 0.3 is 0 Å². The molecule has 5 heteroatoms. The van der Waals surface area contributed by atoms with Crippen LogP contribution in [-0.4, -0.2) is 31.6 Å². The third kappa shape index (κ3) is 4.29. The second kappa shape index (κ2) is 8.86. The highest BCUT2D eigenvalue weighted by molar-refractivity contribution is 6.12. The van der Waals surface area contributed by atoms with Gasteiger partial charge in [-0.15, -0.1) is 0 Å². The van der Waals surface area contributed by atoms with E-state index in [2.05, 4.69) is 30.1 Å². The van der Waals surface area contributed by atoms with Crippen LogP contribution in [0.5, 0.6) is 17.2 Å². The molecule has 0 saturated carbocycles. The van der Waals surface area contributed by atoms with Crippen LogP contribution in [0.15, 0.2) is 42.1 Å². The lowest BCUT2D eigenvalue weighted by Crippen LogP contribution is -2.05. The van der Waals surface area contributed by atoms with E-state index in [0.717, 1.165) is 22.9 Å². The number of ketones is 1. The smallest absolute Gasteiger partial charge is 0.203 e. The number of carbonyl (C=O) groups excluding carboxylic acids is 1. The zero-order valence-electron chi connectivity index (χ0n) is 17.6. The summed E-state index contributed by atoms with van der Waals surface area (Å²) in [5, 5.41) is 1.08. The van der Waals surface area contributed by atoms with E-state index in [1.807, 2.05) is 26.1 Å². The summed E-state index contributed by atoms with van der Waals surface area (Å²) in [5.41, 5.74) is 4.34. The number of ether oxygens (including phenoxy) is 3. The lowest BCUT2D eigenvalue weighted by Gasteiger charge is -2.15. The first-order valence-corrected chi connectivity index (χ1v) is 9.68. The first-order valence-electron chi connectivity index (χ1n) is 9.68. The summed E-state index contributed by atoms with van der Waals surface area (Å²) in [4.78, 5) is 16.4. The molecule has 2 aromatic carbocycles. The Balaban J connectivity index is 1.97. The molecule has 3 aromatic rings. The van der Waals surface area contributed by atoms with Crippen LogP contribution >= 0.6 is 0 Å². The van der Waals surface area contributed by atoms with Crippen molar-refractivity contribution in [1.29, 1.82) is 0 Å². The number of nitrogens with one attached hydrogen (secondary N) is 1. The topological polar surface area (TPSA) is 60.5 Å². The van der Waals surface area contributed by atoms with E-state index in [9.17, 15) is 4.79 Å². The SMILES string of the molecule is CCCOc1c(OC)cc(C(=O)/C(C)=C/c2c[nH]c3cc(C)ccc23)cc1OC. The van der Waals surface area contributed by atoms with Crippen molar-refractivity contribution in [3.05, 3.63) is 58.8 Å². The Morgan fingerprint density at radius 3 is 2.41 bits per heavy atom. The maximum Gasteiger partial charge on any atom is 0.203 e. The molecule has 0 aliphatic heterocycles. The fourth-order valence-corrected chi connectivity index (χ4v) is 3.27. The molecular weight excluding hydrogens is 366 g/mol. The predicted octanol–water partition coefficient (Wildman–Crippen LogP) is 5.57. The number of methoxy groups -OCH3 is 2. The Labute approximate surface area is 171 Å². The summed E-state index contributed by atoms with van der Waals surface area (Å²) in [5.74, 6) is 1.39. The molecule has 0 spiro atoms. The summed E-state index contributed by atoms with van der Waals surface area (Å²) < 4.78 is 16.7. The molecule has 0 saturated heterocycles. The van der Waals surface area contributed by atoms with Crippen molar-refractivity contribution in [2.24, 2.45) is 0 Å². The number of benzene rings is 2. The van der Waals surface area contributed by atoms with Crippen molar-refractivity contribution in [2.45, 2.75) is 27.2 Å². The fraction of sp³-hybridized carbons (Fsp3) is 0.292. The number of fused-ring (bicyclic) bond motifs is 1. The Kier molecular flexibility index (Phi) is 6.27. The lowest BCUT2D eigenvalue weighted by atomic mass is 10.0. The molecule has 0 fully saturated rings. The predicted molar refractivity (Wildman–Crippen MR) is 116 cm³/mol. The monoisotopic (exact) mass is 393 g/mol. The van der Waals surface area contributed by atoms with Crippen molar-refractivity contribution in [1.82, 2.24) is 4.98 Å². The second-order valence-corrected chi connectivity index (χ2v) is 7.01. The number of rotatable bonds is 8. The molecule has 0 unspecified atom stereocenters. The minimum Gasteiger partial charge on any atom is -0.493 e. The number of carbonyl (C=O) groups is 1. The lowest BCUT2D eigenvalue weighted by molar-refractivity contribution is 0.103. The van der Waals surface area contributed by atoms with E-state index in [1.165, 1.54) is 5.56 Å². The molecule has 0 amide bonds. The van der Waals surface area contributed by atoms with Crippen molar-refractivity contribution >= 4 is 22.8 Å². The maximum atomic E-state index is 13.1. The van der Waals surface area contributed by atoms with Crippen LogP contribution in [-0.2, 0) is 0 Å². The van der Waals surface area contributed by atoms with Crippen LogP contribution in [0.25, 0.3) is 17.0 Å². The van der Waals surface area contributed by atoms with Crippen LogP contribution in [0.1, 0.15) is 41.8 Å². The van der Waals surface area contributed by atoms with E-state index < -0.39 is 0 Å². The third-order valence-electron chi connectivity index (χ3n) is 4.77. The largest absolute Gasteiger partial charge is 0.493 e. The molecule has 0 bridgehead atoms. The maximum absolute atomic E-state index is 13.1. The van der Waals surface area contributed by atoms with Crippen LogP contribution in [0, 0.1) is 6.92 Å². The summed E-state index contributed by atoms with van der Waals surface area (Å²) in [6.07, 6.45) is 4.68. The summed E-state index contributed by atoms with van der Waals surface area (Å²) in [7, 11) is 3.11. The van der Waals surface area contributed by atoms with Crippen LogP contribution < -0.4 is 14.2 Å². The van der Waals surface area contributed by atoms with Gasteiger partial charge < -0.3 is 19.2 Å². The van der Waals surface area contributed by atoms with Gasteiger partial charge in [-0.05, 0) is 55.7 Å². The van der Waals surface area contributed by atoms with Gasteiger partial charge in [-0.1, -0.05) is 19.1 Å². The summed E-state index contributed by atoms with van der Waals surface area (Å²) in [6.45, 7) is 6.44. The van der Waals surface area contributed by atoms with Crippen molar-refractivity contribution in [3.63, 3.8) is 0 Å². The highest BCUT2D eigenvalue weighted by Gasteiger charge is 2.18. The van der Waals surface area contributed by atoms with E-state index in [4.69, 9.17) is 14.2 Å². The minimum absolute atomic E-state index is 0.0925. The number of allylic oxidation sites excluding steroid dienone is 1. The van der Waals surface area contributed by atoms with E-state index in [0.29, 0.717) is 35.0 Å². The zero-order valence-corrected chi connectivity index (χ0v) is 17.6. The van der Waals surface area contributed by atoms with Gasteiger partial charge in [-0.3, -0.25) is 4.79 Å². The molecule has 5 nitrogen and oxygen atoms in total. The average Bonchev–Trinajstić information content (AvgIpc) is 3.12. The highest BCUT2D eigenvalue weighted by Crippen LogP contribution is 2.39. The first kappa shape index (κ1) is 20.5. The van der Waals surface area contributed by atoms with Crippen molar-refractivity contribution in [3.8, 4) is 17.2 Å². The molecule has 1 heterocycles. The quantitative estimate of drug-likeness (QED) is 0.401. The van der Waals surface area contributed by atoms with Gasteiger partial charge in [0.25, 0.3) is 0 Å². The van der Waals surface area contributed by atoms with E-state index >= 15 is 0 Å².